The highest BCUT2D eigenvalue weighted by molar-refractivity contribution is 6.02. The number of para-hydroxylation sites is 3. The summed E-state index contributed by atoms with van der Waals surface area (Å²) in [6, 6.07) is 31.3. The summed E-state index contributed by atoms with van der Waals surface area (Å²) in [5.74, 6) is 0.0715. The fourth-order valence-corrected chi connectivity index (χ4v) is 7.29. The quantitative estimate of drug-likeness (QED) is 0.205. The van der Waals surface area contributed by atoms with Crippen LogP contribution in [0.1, 0.15) is 43.9 Å². The maximum absolute atomic E-state index is 15.3. The summed E-state index contributed by atoms with van der Waals surface area (Å²) in [4.78, 5) is 34.7. The van der Waals surface area contributed by atoms with Crippen LogP contribution >= 0.6 is 0 Å². The number of allylic oxidation sites excluding steroid dienone is 1. The highest BCUT2D eigenvalue weighted by Crippen LogP contribution is 2.48. The van der Waals surface area contributed by atoms with E-state index in [4.69, 9.17) is 4.74 Å². The average Bonchev–Trinajstić information content (AvgIpc) is 3.24. The third-order valence-corrected chi connectivity index (χ3v) is 9.75. The molecule has 2 aliphatic heterocycles. The molecule has 1 atom stereocenters. The molecular formula is C42H43FN4O3. The molecule has 1 unspecified atom stereocenters. The second kappa shape index (κ2) is 14.3. The van der Waals surface area contributed by atoms with Crippen molar-refractivity contribution in [1.29, 1.82) is 0 Å². The predicted molar refractivity (Wildman–Crippen MR) is 197 cm³/mol. The summed E-state index contributed by atoms with van der Waals surface area (Å²) in [7, 11) is 0. The fraction of sp³-hybridized carbons (Fsp3) is 0.286. The van der Waals surface area contributed by atoms with Gasteiger partial charge in [-0.1, -0.05) is 92.7 Å². The molecule has 1 fully saturated rings. The topological polar surface area (TPSA) is 65.1 Å². The number of fused-ring (bicyclic) bond motifs is 1. The summed E-state index contributed by atoms with van der Waals surface area (Å²) in [5, 5.41) is 3.61. The molecule has 3 aliphatic rings. The van der Waals surface area contributed by atoms with Gasteiger partial charge in [-0.05, 0) is 59.4 Å². The summed E-state index contributed by atoms with van der Waals surface area (Å²) in [6.45, 7) is 7.84. The van der Waals surface area contributed by atoms with Crippen LogP contribution in [-0.2, 0) is 9.59 Å². The number of Topliss-reactive ketones (excluding diaryl/α,β-unsaturated/α-hetero) is 1. The molecule has 7 nitrogen and oxygen atoms in total. The lowest BCUT2D eigenvalue weighted by Crippen LogP contribution is -2.51. The summed E-state index contributed by atoms with van der Waals surface area (Å²) >= 11 is 0. The lowest BCUT2D eigenvalue weighted by Gasteiger charge is -2.40. The molecule has 1 amide bonds. The molecule has 50 heavy (non-hydrogen) atoms. The number of piperazine rings is 1. The van der Waals surface area contributed by atoms with E-state index in [0.29, 0.717) is 42.8 Å². The number of amides is 1. The van der Waals surface area contributed by atoms with Crippen molar-refractivity contribution in [3.8, 4) is 11.5 Å². The van der Waals surface area contributed by atoms with Gasteiger partial charge in [-0.3, -0.25) is 14.5 Å². The lowest BCUT2D eigenvalue weighted by molar-refractivity contribution is -0.131. The monoisotopic (exact) mass is 670 g/mol. The van der Waals surface area contributed by atoms with Crippen molar-refractivity contribution in [3.05, 3.63) is 137 Å². The molecule has 0 radical (unpaired) electrons. The number of ketones is 1. The van der Waals surface area contributed by atoms with E-state index in [1.54, 1.807) is 24.3 Å². The van der Waals surface area contributed by atoms with Crippen molar-refractivity contribution in [3.63, 3.8) is 0 Å². The molecule has 0 bridgehead atoms. The molecule has 1 aliphatic carbocycles. The molecular weight excluding hydrogens is 627 g/mol. The first-order chi connectivity index (χ1) is 24.2. The van der Waals surface area contributed by atoms with Gasteiger partial charge in [0.1, 0.15) is 5.75 Å². The Bertz CT molecular complexity index is 1920. The predicted octanol–water partition coefficient (Wildman–Crippen LogP) is 8.09. The van der Waals surface area contributed by atoms with Crippen molar-refractivity contribution in [2.45, 2.75) is 32.7 Å². The number of hydrogen-bond donors (Lipinski definition) is 1. The van der Waals surface area contributed by atoms with E-state index >= 15 is 4.39 Å². The molecule has 8 heteroatoms. The standard InChI is InChI=1S/C42H43FN4O3/c1-42(2)27-35-40(37(48)28-42)41(31-19-20-33(43)38(26-31)50-32-15-7-4-8-16-32)47(36-18-10-9-17-34(36)44-35)29-39(49)46-24-22-45(23-25-46)21-11-14-30-12-5-3-6-13-30/h3-20,26,41,44H,21-25,27-29H2,1-2H3/b14-11+. The van der Waals surface area contributed by atoms with Gasteiger partial charge in [0, 0.05) is 50.4 Å². The molecule has 4 aromatic carbocycles. The highest BCUT2D eigenvalue weighted by Gasteiger charge is 2.42. The summed E-state index contributed by atoms with van der Waals surface area (Å²) in [6.07, 6.45) is 5.34. The third-order valence-electron chi connectivity index (χ3n) is 9.75. The number of halogens is 1. The van der Waals surface area contributed by atoms with Gasteiger partial charge in [-0.2, -0.15) is 0 Å². The Morgan fingerprint density at radius 2 is 1.60 bits per heavy atom. The first kappa shape index (κ1) is 33.3. The maximum atomic E-state index is 15.3. The van der Waals surface area contributed by atoms with E-state index < -0.39 is 11.9 Å². The van der Waals surface area contributed by atoms with E-state index in [1.807, 2.05) is 70.5 Å². The second-order valence-corrected chi connectivity index (χ2v) is 14.1. The van der Waals surface area contributed by atoms with Crippen LogP contribution in [0.2, 0.25) is 0 Å². The second-order valence-electron chi connectivity index (χ2n) is 14.1. The van der Waals surface area contributed by atoms with E-state index in [-0.39, 0.29) is 29.4 Å². The zero-order valence-corrected chi connectivity index (χ0v) is 28.6. The molecule has 1 N–H and O–H groups in total. The van der Waals surface area contributed by atoms with Crippen LogP contribution in [-0.4, -0.2) is 60.8 Å². The molecule has 0 aromatic heterocycles. The zero-order valence-electron chi connectivity index (χ0n) is 28.6. The van der Waals surface area contributed by atoms with Gasteiger partial charge in [-0.25, -0.2) is 4.39 Å². The van der Waals surface area contributed by atoms with Crippen molar-refractivity contribution < 1.29 is 18.7 Å². The minimum absolute atomic E-state index is 0.0141. The molecule has 7 rings (SSSR count). The van der Waals surface area contributed by atoms with E-state index in [1.165, 1.54) is 11.6 Å². The Labute approximate surface area is 293 Å². The Morgan fingerprint density at radius 3 is 2.36 bits per heavy atom. The van der Waals surface area contributed by atoms with Gasteiger partial charge >= 0.3 is 0 Å². The van der Waals surface area contributed by atoms with E-state index in [2.05, 4.69) is 48.3 Å². The van der Waals surface area contributed by atoms with Crippen LogP contribution in [0.15, 0.2) is 120 Å². The number of carbonyl (C=O) groups excluding carboxylic acids is 2. The number of nitrogens with one attached hydrogen (secondary N) is 1. The number of nitrogens with zero attached hydrogens (tertiary/aromatic N) is 3. The average molecular weight is 671 g/mol. The first-order valence-corrected chi connectivity index (χ1v) is 17.4. The van der Waals surface area contributed by atoms with Crippen molar-refractivity contribution >= 4 is 29.1 Å². The Hall–Kier alpha value is -5.21. The number of hydrogen-bond acceptors (Lipinski definition) is 6. The third kappa shape index (κ3) is 7.36. The molecule has 2 heterocycles. The van der Waals surface area contributed by atoms with Gasteiger partial charge in [0.2, 0.25) is 5.91 Å². The van der Waals surface area contributed by atoms with Gasteiger partial charge in [0.15, 0.2) is 17.3 Å². The van der Waals surface area contributed by atoms with E-state index in [9.17, 15) is 9.59 Å². The maximum Gasteiger partial charge on any atom is 0.242 e. The Kier molecular flexibility index (Phi) is 9.55. The molecule has 256 valence electrons. The first-order valence-electron chi connectivity index (χ1n) is 17.4. The Balaban J connectivity index is 1.20. The van der Waals surface area contributed by atoms with Crippen LogP contribution < -0.4 is 15.0 Å². The number of anilines is 2. The van der Waals surface area contributed by atoms with Gasteiger partial charge in [-0.15, -0.1) is 0 Å². The minimum Gasteiger partial charge on any atom is -0.454 e. The van der Waals surface area contributed by atoms with Crippen LogP contribution in [0, 0.1) is 11.2 Å². The zero-order chi connectivity index (χ0) is 34.7. The SMILES string of the molecule is CC1(C)CC(=O)C2=C(C1)Nc1ccccc1N(CC(=O)N1CCN(C/C=C/c3ccccc3)CC1)C2c1ccc(F)c(Oc2ccccc2)c1. The van der Waals surface area contributed by atoms with Crippen LogP contribution in [0.3, 0.4) is 0 Å². The van der Waals surface area contributed by atoms with E-state index in [0.717, 1.165) is 36.7 Å². The van der Waals surface area contributed by atoms with Gasteiger partial charge < -0.3 is 19.9 Å². The fourth-order valence-electron chi connectivity index (χ4n) is 7.29. The normalized spacial score (nSPS) is 19.1. The number of carbonyl (C=O) groups is 2. The van der Waals surface area contributed by atoms with Crippen LogP contribution in [0.25, 0.3) is 6.08 Å². The summed E-state index contributed by atoms with van der Waals surface area (Å²) in [5.41, 5.74) is 4.70. The minimum atomic E-state index is -0.642. The van der Waals surface area contributed by atoms with Crippen molar-refractivity contribution in [2.75, 3.05) is 49.5 Å². The van der Waals surface area contributed by atoms with Crippen LogP contribution in [0.4, 0.5) is 15.8 Å². The Morgan fingerprint density at radius 1 is 0.900 bits per heavy atom. The largest absolute Gasteiger partial charge is 0.454 e. The van der Waals surface area contributed by atoms with Gasteiger partial charge in [0.05, 0.1) is 24.0 Å². The van der Waals surface area contributed by atoms with Crippen molar-refractivity contribution in [1.82, 2.24) is 9.80 Å². The molecule has 0 spiro atoms. The van der Waals surface area contributed by atoms with Crippen molar-refractivity contribution in [2.24, 2.45) is 5.41 Å². The number of ether oxygens (including phenoxy) is 1. The lowest BCUT2D eigenvalue weighted by atomic mass is 9.73. The number of benzene rings is 4. The molecule has 4 aromatic rings. The molecule has 0 saturated carbocycles. The highest BCUT2D eigenvalue weighted by atomic mass is 19.1. The number of rotatable bonds is 8. The van der Waals surface area contributed by atoms with Gasteiger partial charge in [0.25, 0.3) is 0 Å². The summed E-state index contributed by atoms with van der Waals surface area (Å²) < 4.78 is 21.3. The molecule has 1 saturated heterocycles. The van der Waals surface area contributed by atoms with Crippen LogP contribution in [0.5, 0.6) is 11.5 Å². The smallest absolute Gasteiger partial charge is 0.242 e.